The van der Waals surface area contributed by atoms with Crippen molar-refractivity contribution in [2.45, 2.75) is 6.92 Å². The molecule has 0 aliphatic carbocycles. The molecule has 0 bridgehead atoms. The van der Waals surface area contributed by atoms with Crippen LogP contribution in [0.3, 0.4) is 0 Å². The number of ether oxygens (including phenoxy) is 2. The van der Waals surface area contributed by atoms with Crippen molar-refractivity contribution in [1.29, 1.82) is 0 Å². The van der Waals surface area contributed by atoms with Crippen LogP contribution in [0.5, 0.6) is 5.75 Å². The molecule has 0 aliphatic rings. The van der Waals surface area contributed by atoms with Crippen molar-refractivity contribution in [2.24, 2.45) is 0 Å². The number of rotatable bonds is 4. The number of carbonyl (C=O) groups is 1. The number of H-pyrrole nitrogens is 1. The van der Waals surface area contributed by atoms with Crippen molar-refractivity contribution in [3.8, 4) is 17.0 Å². The summed E-state index contributed by atoms with van der Waals surface area (Å²) in [5.41, 5.74) is 0.153. The number of methoxy groups -OCH3 is 1. The van der Waals surface area contributed by atoms with Crippen LogP contribution in [-0.2, 0) is 4.74 Å². The van der Waals surface area contributed by atoms with Crippen LogP contribution in [0.2, 0.25) is 0 Å². The van der Waals surface area contributed by atoms with Crippen molar-refractivity contribution in [3.63, 3.8) is 0 Å². The molecule has 1 aromatic heterocycles. The van der Waals surface area contributed by atoms with E-state index in [1.165, 1.54) is 25.3 Å². The smallest absolute Gasteiger partial charge is 0.361 e. The molecule has 100 valence electrons. The Morgan fingerprint density at radius 1 is 1.42 bits per heavy atom. The molecule has 0 unspecified atom stereocenters. The molecule has 0 amide bonds. The van der Waals surface area contributed by atoms with Gasteiger partial charge in [0, 0.05) is 5.56 Å². The normalized spacial score (nSPS) is 10.3. The first-order valence-electron chi connectivity index (χ1n) is 5.59. The van der Waals surface area contributed by atoms with Gasteiger partial charge in [-0.2, -0.15) is 10.3 Å². The summed E-state index contributed by atoms with van der Waals surface area (Å²) in [7, 11) is 1.46. The van der Waals surface area contributed by atoms with Gasteiger partial charge in [-0.05, 0) is 25.1 Å². The first kappa shape index (κ1) is 13.0. The minimum atomic E-state index is -0.659. The van der Waals surface area contributed by atoms with E-state index in [9.17, 15) is 9.18 Å². The van der Waals surface area contributed by atoms with Crippen LogP contribution in [0.4, 0.5) is 4.39 Å². The van der Waals surface area contributed by atoms with E-state index in [0.29, 0.717) is 5.75 Å². The standard InChI is InChI=1S/C12H12FN3O3/c1-3-19-12(17)11-10(14-16-15-11)8-6-7(18-2)4-5-9(8)13/h4-6H,3H2,1-2H3,(H,14,15,16). The van der Waals surface area contributed by atoms with Crippen LogP contribution >= 0.6 is 0 Å². The average Bonchev–Trinajstić information content (AvgIpc) is 2.89. The summed E-state index contributed by atoms with van der Waals surface area (Å²) in [5.74, 6) is -0.733. The molecule has 0 spiro atoms. The first-order chi connectivity index (χ1) is 9.17. The highest BCUT2D eigenvalue weighted by Crippen LogP contribution is 2.27. The highest BCUT2D eigenvalue weighted by Gasteiger charge is 2.21. The van der Waals surface area contributed by atoms with Gasteiger partial charge in [-0.25, -0.2) is 9.18 Å². The summed E-state index contributed by atoms with van der Waals surface area (Å²) in [6.07, 6.45) is 0. The van der Waals surface area contributed by atoms with Gasteiger partial charge in [0.25, 0.3) is 0 Å². The van der Waals surface area contributed by atoms with Crippen LogP contribution in [0.15, 0.2) is 18.2 Å². The number of aromatic amines is 1. The van der Waals surface area contributed by atoms with Crippen molar-refractivity contribution in [3.05, 3.63) is 29.7 Å². The topological polar surface area (TPSA) is 77.1 Å². The lowest BCUT2D eigenvalue weighted by Crippen LogP contribution is -2.07. The quantitative estimate of drug-likeness (QED) is 0.853. The molecule has 1 N–H and O–H groups in total. The highest BCUT2D eigenvalue weighted by atomic mass is 19.1. The minimum Gasteiger partial charge on any atom is -0.497 e. The Balaban J connectivity index is 2.48. The van der Waals surface area contributed by atoms with Gasteiger partial charge in [0.15, 0.2) is 5.69 Å². The van der Waals surface area contributed by atoms with Crippen molar-refractivity contribution >= 4 is 5.97 Å². The summed E-state index contributed by atoms with van der Waals surface area (Å²) >= 11 is 0. The molecule has 1 aromatic carbocycles. The fourth-order valence-corrected chi connectivity index (χ4v) is 1.57. The van der Waals surface area contributed by atoms with Crippen LogP contribution in [0, 0.1) is 5.82 Å². The van der Waals surface area contributed by atoms with E-state index in [2.05, 4.69) is 15.4 Å². The fourth-order valence-electron chi connectivity index (χ4n) is 1.57. The zero-order valence-electron chi connectivity index (χ0n) is 10.4. The van der Waals surface area contributed by atoms with Crippen LogP contribution < -0.4 is 4.74 Å². The van der Waals surface area contributed by atoms with E-state index in [0.717, 1.165) is 0 Å². The maximum atomic E-state index is 13.8. The average molecular weight is 265 g/mol. The van der Waals surface area contributed by atoms with E-state index in [1.807, 2.05) is 0 Å². The van der Waals surface area contributed by atoms with Crippen molar-refractivity contribution in [2.75, 3.05) is 13.7 Å². The third-order valence-electron chi connectivity index (χ3n) is 2.45. The number of hydrogen-bond donors (Lipinski definition) is 1. The molecule has 2 aromatic rings. The maximum absolute atomic E-state index is 13.8. The number of nitrogens with one attached hydrogen (secondary N) is 1. The van der Waals surface area contributed by atoms with Crippen LogP contribution in [0.25, 0.3) is 11.3 Å². The molecule has 0 radical (unpaired) electrons. The Bertz CT molecular complexity index is 598. The largest absolute Gasteiger partial charge is 0.497 e. The monoisotopic (exact) mass is 265 g/mol. The molecule has 1 heterocycles. The molecule has 2 rings (SSSR count). The lowest BCUT2D eigenvalue weighted by molar-refractivity contribution is 0.0520. The molecule has 19 heavy (non-hydrogen) atoms. The Kier molecular flexibility index (Phi) is 3.74. The number of hydrogen-bond acceptors (Lipinski definition) is 5. The second-order valence-corrected chi connectivity index (χ2v) is 3.59. The van der Waals surface area contributed by atoms with E-state index >= 15 is 0 Å². The Morgan fingerprint density at radius 3 is 2.89 bits per heavy atom. The number of halogens is 1. The molecule has 0 aliphatic heterocycles. The van der Waals surface area contributed by atoms with Crippen molar-refractivity contribution < 1.29 is 18.7 Å². The Labute approximate surface area is 108 Å². The summed E-state index contributed by atoms with van der Waals surface area (Å²) in [6, 6.07) is 4.15. The van der Waals surface area contributed by atoms with Crippen LogP contribution in [0.1, 0.15) is 17.4 Å². The van der Waals surface area contributed by atoms with Gasteiger partial charge in [-0.15, -0.1) is 5.10 Å². The summed E-state index contributed by atoms with van der Waals surface area (Å²) in [4.78, 5) is 11.7. The number of aromatic nitrogens is 3. The number of carbonyl (C=O) groups excluding carboxylic acids is 1. The maximum Gasteiger partial charge on any atom is 0.361 e. The van der Waals surface area contributed by atoms with Gasteiger partial charge in [0.1, 0.15) is 17.3 Å². The second kappa shape index (κ2) is 5.47. The third kappa shape index (κ3) is 2.54. The van der Waals surface area contributed by atoms with Gasteiger partial charge < -0.3 is 9.47 Å². The molecule has 0 atom stereocenters. The number of esters is 1. The van der Waals surface area contributed by atoms with Gasteiger partial charge in [-0.3, -0.25) is 0 Å². The zero-order valence-corrected chi connectivity index (χ0v) is 10.4. The van der Waals surface area contributed by atoms with Crippen LogP contribution in [-0.4, -0.2) is 35.1 Å². The summed E-state index contributed by atoms with van der Waals surface area (Å²) in [5, 5.41) is 9.78. The van der Waals surface area contributed by atoms with Gasteiger partial charge >= 0.3 is 5.97 Å². The Hall–Kier alpha value is -2.44. The molecule has 7 heteroatoms. The third-order valence-corrected chi connectivity index (χ3v) is 2.45. The predicted octanol–water partition coefficient (Wildman–Crippen LogP) is 1.80. The summed E-state index contributed by atoms with van der Waals surface area (Å²) < 4.78 is 23.7. The lowest BCUT2D eigenvalue weighted by Gasteiger charge is -2.05. The molecule has 0 saturated carbocycles. The molecular weight excluding hydrogens is 253 g/mol. The van der Waals surface area contributed by atoms with Crippen molar-refractivity contribution in [1.82, 2.24) is 15.4 Å². The van der Waals surface area contributed by atoms with Gasteiger partial charge in [0.05, 0.1) is 13.7 Å². The molecule has 0 saturated heterocycles. The van der Waals surface area contributed by atoms with Gasteiger partial charge in [-0.1, -0.05) is 0 Å². The number of nitrogens with zero attached hydrogens (tertiary/aromatic N) is 2. The lowest BCUT2D eigenvalue weighted by atomic mass is 10.1. The summed E-state index contributed by atoms with van der Waals surface area (Å²) in [6.45, 7) is 1.87. The Morgan fingerprint density at radius 2 is 2.21 bits per heavy atom. The van der Waals surface area contributed by atoms with E-state index in [1.54, 1.807) is 6.92 Å². The minimum absolute atomic E-state index is 0.0611. The first-order valence-corrected chi connectivity index (χ1v) is 5.59. The number of benzene rings is 1. The SMILES string of the molecule is CCOC(=O)c1n[nH]nc1-c1cc(OC)ccc1F. The zero-order chi connectivity index (χ0) is 13.8. The highest BCUT2D eigenvalue weighted by molar-refractivity contribution is 5.94. The molecule has 0 fully saturated rings. The van der Waals surface area contributed by atoms with E-state index in [-0.39, 0.29) is 23.6 Å². The van der Waals surface area contributed by atoms with E-state index in [4.69, 9.17) is 9.47 Å². The predicted molar refractivity (Wildman–Crippen MR) is 64.3 cm³/mol. The molecular formula is C12H12FN3O3. The van der Waals surface area contributed by atoms with E-state index < -0.39 is 11.8 Å². The van der Waals surface area contributed by atoms with Gasteiger partial charge in [0.2, 0.25) is 0 Å². The second-order valence-electron chi connectivity index (χ2n) is 3.59. The fraction of sp³-hybridized carbons (Fsp3) is 0.250. The molecule has 6 nitrogen and oxygen atoms in total.